The number of carbonyl (C=O) groups excluding carboxylic acids is 1. The predicted molar refractivity (Wildman–Crippen MR) is 101 cm³/mol. The van der Waals surface area contributed by atoms with Crippen LogP contribution in [-0.4, -0.2) is 67.0 Å². The van der Waals surface area contributed by atoms with Gasteiger partial charge in [-0.1, -0.05) is 0 Å². The minimum atomic E-state index is -3.43. The number of carbonyl (C=O) groups is 1. The molecule has 0 aromatic heterocycles. The van der Waals surface area contributed by atoms with Crippen LogP contribution in [0.5, 0.6) is 0 Å². The minimum Gasteiger partial charge on any atom is -0.363 e. The second-order valence-electron chi connectivity index (χ2n) is 7.04. The molecule has 4 rings (SSSR count). The van der Waals surface area contributed by atoms with Crippen LogP contribution in [0.4, 0.5) is 0 Å². The lowest BCUT2D eigenvalue weighted by atomic mass is 10.1. The molecule has 3 heterocycles. The molecule has 0 N–H and O–H groups in total. The van der Waals surface area contributed by atoms with Gasteiger partial charge in [-0.2, -0.15) is 4.31 Å². The van der Waals surface area contributed by atoms with Crippen molar-refractivity contribution in [2.45, 2.75) is 35.5 Å². The molecule has 1 aromatic rings. The second kappa shape index (κ2) is 7.14. The van der Waals surface area contributed by atoms with E-state index in [1.165, 1.54) is 4.31 Å². The van der Waals surface area contributed by atoms with Crippen molar-refractivity contribution >= 4 is 27.7 Å². The van der Waals surface area contributed by atoms with Gasteiger partial charge in [-0.05, 0) is 37.1 Å². The van der Waals surface area contributed by atoms with Gasteiger partial charge < -0.3 is 9.64 Å². The maximum Gasteiger partial charge on any atom is 0.253 e. The van der Waals surface area contributed by atoms with E-state index in [0.717, 1.165) is 38.0 Å². The Hall–Kier alpha value is -1.09. The third-order valence-electron chi connectivity index (χ3n) is 5.43. The molecule has 1 aromatic carbocycles. The summed E-state index contributed by atoms with van der Waals surface area (Å²) in [6.07, 6.45) is 3.53. The number of thioether (sulfide) groups is 1. The van der Waals surface area contributed by atoms with E-state index in [1.54, 1.807) is 24.3 Å². The first kappa shape index (κ1) is 18.3. The number of rotatable bonds is 3. The average molecular weight is 397 g/mol. The Kier molecular flexibility index (Phi) is 5.02. The van der Waals surface area contributed by atoms with Crippen LogP contribution in [0, 0.1) is 0 Å². The van der Waals surface area contributed by atoms with Crippen LogP contribution >= 0.6 is 11.8 Å². The van der Waals surface area contributed by atoms with Crippen molar-refractivity contribution in [2.75, 3.05) is 38.5 Å². The fourth-order valence-corrected chi connectivity index (χ4v) is 6.56. The molecule has 3 aliphatic heterocycles. The summed E-state index contributed by atoms with van der Waals surface area (Å²) < 4.78 is 32.5. The molecule has 0 aliphatic carbocycles. The van der Waals surface area contributed by atoms with Crippen LogP contribution in [0.25, 0.3) is 0 Å². The van der Waals surface area contributed by atoms with Gasteiger partial charge in [-0.3, -0.25) is 4.79 Å². The van der Waals surface area contributed by atoms with Crippen molar-refractivity contribution in [1.29, 1.82) is 0 Å². The first-order valence-corrected chi connectivity index (χ1v) is 11.6. The Morgan fingerprint density at radius 3 is 2.27 bits per heavy atom. The molecule has 1 amide bonds. The fraction of sp³-hybridized carbons (Fsp3) is 0.611. The zero-order chi connectivity index (χ0) is 18.2. The minimum absolute atomic E-state index is 0.0343. The van der Waals surface area contributed by atoms with Crippen LogP contribution < -0.4 is 0 Å². The Bertz CT molecular complexity index is 757. The Balaban J connectivity index is 1.43. The van der Waals surface area contributed by atoms with Gasteiger partial charge in [0.15, 0.2) is 0 Å². The molecule has 142 valence electrons. The maximum absolute atomic E-state index is 12.7. The lowest BCUT2D eigenvalue weighted by Crippen LogP contribution is -2.45. The molecule has 26 heavy (non-hydrogen) atoms. The number of benzene rings is 1. The van der Waals surface area contributed by atoms with E-state index in [1.807, 2.05) is 16.7 Å². The Morgan fingerprint density at radius 1 is 1.04 bits per heavy atom. The lowest BCUT2D eigenvalue weighted by Gasteiger charge is -2.37. The first-order chi connectivity index (χ1) is 12.5. The molecule has 0 atom stereocenters. The normalized spacial score (nSPS) is 23.6. The van der Waals surface area contributed by atoms with Crippen molar-refractivity contribution in [3.05, 3.63) is 29.8 Å². The highest BCUT2D eigenvalue weighted by atomic mass is 32.2. The summed E-state index contributed by atoms with van der Waals surface area (Å²) in [5.74, 6) is 0.994. The summed E-state index contributed by atoms with van der Waals surface area (Å²) >= 11 is 1.86. The standard InChI is InChI=1S/C18H24N2O4S2/c21-17(19-11-7-18(8-12-19)24-13-14-25-18)15-3-5-16(6-4-15)26(22,23)20-9-1-2-10-20/h3-6H,1-2,7-14H2. The second-order valence-corrected chi connectivity index (χ2v) is 10.4. The fourth-order valence-electron chi connectivity index (χ4n) is 3.87. The summed E-state index contributed by atoms with van der Waals surface area (Å²) in [4.78, 5) is 14.8. The van der Waals surface area contributed by atoms with Gasteiger partial charge in [0.05, 0.1) is 11.5 Å². The number of nitrogens with zero attached hydrogens (tertiary/aromatic N) is 2. The quantitative estimate of drug-likeness (QED) is 0.783. The van der Waals surface area contributed by atoms with Crippen molar-refractivity contribution in [3.63, 3.8) is 0 Å². The third-order valence-corrected chi connectivity index (χ3v) is 8.77. The molecule has 6 nitrogen and oxygen atoms in total. The first-order valence-electron chi connectivity index (χ1n) is 9.18. The molecule has 8 heteroatoms. The largest absolute Gasteiger partial charge is 0.363 e. The molecular formula is C18H24N2O4S2. The van der Waals surface area contributed by atoms with Crippen molar-refractivity contribution < 1.29 is 17.9 Å². The van der Waals surface area contributed by atoms with E-state index in [-0.39, 0.29) is 15.7 Å². The molecule has 3 aliphatic rings. The molecule has 0 saturated carbocycles. The summed E-state index contributed by atoms with van der Waals surface area (Å²) in [5, 5.41) is 0. The van der Waals surface area contributed by atoms with E-state index in [2.05, 4.69) is 0 Å². The predicted octanol–water partition coefficient (Wildman–Crippen LogP) is 2.17. The third kappa shape index (κ3) is 3.40. The van der Waals surface area contributed by atoms with Gasteiger partial charge in [0.1, 0.15) is 4.93 Å². The number of sulfonamides is 1. The topological polar surface area (TPSA) is 66.9 Å². The zero-order valence-electron chi connectivity index (χ0n) is 14.7. The van der Waals surface area contributed by atoms with Crippen LogP contribution in [0.1, 0.15) is 36.0 Å². The number of likely N-dealkylation sites (tertiary alicyclic amines) is 1. The number of amides is 1. The van der Waals surface area contributed by atoms with Crippen LogP contribution in [-0.2, 0) is 14.8 Å². The van der Waals surface area contributed by atoms with E-state index >= 15 is 0 Å². The van der Waals surface area contributed by atoms with Gasteiger partial charge >= 0.3 is 0 Å². The molecule has 0 unspecified atom stereocenters. The van der Waals surface area contributed by atoms with E-state index in [9.17, 15) is 13.2 Å². The van der Waals surface area contributed by atoms with Crippen LogP contribution in [0.15, 0.2) is 29.2 Å². The van der Waals surface area contributed by atoms with Crippen LogP contribution in [0.2, 0.25) is 0 Å². The molecule has 3 saturated heterocycles. The molecule has 3 fully saturated rings. The molecule has 0 bridgehead atoms. The molecule has 1 spiro atoms. The zero-order valence-corrected chi connectivity index (χ0v) is 16.4. The van der Waals surface area contributed by atoms with Gasteiger partial charge in [0.2, 0.25) is 10.0 Å². The maximum atomic E-state index is 12.7. The number of hydrogen-bond donors (Lipinski definition) is 0. The molecular weight excluding hydrogens is 372 g/mol. The van der Waals surface area contributed by atoms with Crippen molar-refractivity contribution in [1.82, 2.24) is 9.21 Å². The number of ether oxygens (including phenoxy) is 1. The Morgan fingerprint density at radius 2 is 1.69 bits per heavy atom. The SMILES string of the molecule is O=C(c1ccc(S(=O)(=O)N2CCCC2)cc1)N1CCC2(CC1)OCCS2. The molecule has 0 radical (unpaired) electrons. The van der Waals surface area contributed by atoms with Crippen LogP contribution in [0.3, 0.4) is 0 Å². The lowest BCUT2D eigenvalue weighted by molar-refractivity contribution is 0.00352. The highest BCUT2D eigenvalue weighted by Crippen LogP contribution is 2.41. The van der Waals surface area contributed by atoms with E-state index in [0.29, 0.717) is 31.7 Å². The summed E-state index contributed by atoms with van der Waals surface area (Å²) in [6, 6.07) is 6.39. The van der Waals surface area contributed by atoms with Gasteiger partial charge in [-0.15, -0.1) is 11.8 Å². The highest BCUT2D eigenvalue weighted by molar-refractivity contribution is 8.00. The summed E-state index contributed by atoms with van der Waals surface area (Å²) in [7, 11) is -3.43. The van der Waals surface area contributed by atoms with Gasteiger partial charge in [0, 0.05) is 50.3 Å². The summed E-state index contributed by atoms with van der Waals surface area (Å²) in [6.45, 7) is 3.32. The van der Waals surface area contributed by atoms with Gasteiger partial charge in [0.25, 0.3) is 5.91 Å². The highest BCUT2D eigenvalue weighted by Gasteiger charge is 2.40. The number of piperidine rings is 1. The van der Waals surface area contributed by atoms with Crippen molar-refractivity contribution in [2.24, 2.45) is 0 Å². The van der Waals surface area contributed by atoms with Crippen molar-refractivity contribution in [3.8, 4) is 0 Å². The smallest absolute Gasteiger partial charge is 0.253 e. The van der Waals surface area contributed by atoms with Gasteiger partial charge in [-0.25, -0.2) is 8.42 Å². The number of hydrogen-bond acceptors (Lipinski definition) is 5. The average Bonchev–Trinajstić information content (AvgIpc) is 3.35. The Labute approximate surface area is 158 Å². The monoisotopic (exact) mass is 396 g/mol. The van der Waals surface area contributed by atoms with E-state index < -0.39 is 10.0 Å². The summed E-state index contributed by atoms with van der Waals surface area (Å²) in [5.41, 5.74) is 0.543. The van der Waals surface area contributed by atoms with E-state index in [4.69, 9.17) is 4.74 Å².